The zero-order valence-corrected chi connectivity index (χ0v) is 13.7. The molecule has 2 rings (SSSR count). The van der Waals surface area contributed by atoms with E-state index in [1.165, 1.54) is 22.8 Å². The molecule has 0 spiro atoms. The van der Waals surface area contributed by atoms with E-state index in [1.54, 1.807) is 0 Å². The molecule has 1 heterocycles. The summed E-state index contributed by atoms with van der Waals surface area (Å²) in [6.07, 6.45) is 3.22. The van der Waals surface area contributed by atoms with E-state index in [9.17, 15) is 0 Å². The Morgan fingerprint density at radius 3 is 2.52 bits per heavy atom. The summed E-state index contributed by atoms with van der Waals surface area (Å²) in [5, 5.41) is 5.79. The average molecular weight is 285 g/mol. The maximum Gasteiger partial charge on any atom is 0.136 e. The van der Waals surface area contributed by atoms with Crippen molar-refractivity contribution in [3.8, 4) is 0 Å². The van der Waals surface area contributed by atoms with E-state index in [-0.39, 0.29) is 0 Å². The van der Waals surface area contributed by atoms with Crippen LogP contribution >= 0.6 is 0 Å². The first-order valence-electron chi connectivity index (χ1n) is 7.97. The number of fused-ring (bicyclic) bond motifs is 1. The number of hydrogen-bond acceptors (Lipinski definition) is 3. The van der Waals surface area contributed by atoms with Gasteiger partial charge >= 0.3 is 0 Å². The van der Waals surface area contributed by atoms with Gasteiger partial charge in [0.2, 0.25) is 0 Å². The third kappa shape index (κ3) is 3.53. The second-order valence-corrected chi connectivity index (χ2v) is 5.74. The Balaban J connectivity index is 2.46. The Morgan fingerprint density at radius 1 is 1.19 bits per heavy atom. The molecule has 0 fully saturated rings. The van der Waals surface area contributed by atoms with Gasteiger partial charge in [-0.1, -0.05) is 44.5 Å². The average Bonchev–Trinajstić information content (AvgIpc) is 2.53. The van der Waals surface area contributed by atoms with Crippen molar-refractivity contribution in [3.05, 3.63) is 36.0 Å². The van der Waals surface area contributed by atoms with Gasteiger partial charge in [-0.25, -0.2) is 4.98 Å². The largest absolute Gasteiger partial charge is 0.356 e. The molecular formula is C18H27N3. The molecule has 1 aromatic carbocycles. The van der Waals surface area contributed by atoms with E-state index in [4.69, 9.17) is 4.98 Å². The van der Waals surface area contributed by atoms with E-state index in [0.29, 0.717) is 5.92 Å². The summed E-state index contributed by atoms with van der Waals surface area (Å²) in [4.78, 5) is 7.17. The molecule has 1 atom stereocenters. The quantitative estimate of drug-likeness (QED) is 0.838. The van der Waals surface area contributed by atoms with Crippen LogP contribution in [0.3, 0.4) is 0 Å². The monoisotopic (exact) mass is 285 g/mol. The van der Waals surface area contributed by atoms with Gasteiger partial charge in [-0.05, 0) is 30.8 Å². The first-order valence-corrected chi connectivity index (χ1v) is 7.97. The summed E-state index contributed by atoms with van der Waals surface area (Å²) in [6, 6.07) is 8.60. The van der Waals surface area contributed by atoms with Crippen molar-refractivity contribution >= 4 is 16.6 Å². The van der Waals surface area contributed by atoms with Crippen LogP contribution in [0.2, 0.25) is 0 Å². The zero-order valence-electron chi connectivity index (χ0n) is 13.7. The summed E-state index contributed by atoms with van der Waals surface area (Å²) in [6.45, 7) is 9.67. The molecule has 2 aromatic rings. The molecule has 21 heavy (non-hydrogen) atoms. The van der Waals surface area contributed by atoms with Gasteiger partial charge in [0.1, 0.15) is 5.82 Å². The summed E-state index contributed by atoms with van der Waals surface area (Å²) in [5.74, 6) is 1.80. The maximum absolute atomic E-state index is 4.77. The number of hydrogen-bond donors (Lipinski definition) is 1. The molecule has 1 N–H and O–H groups in total. The van der Waals surface area contributed by atoms with Gasteiger partial charge in [0.05, 0.1) is 0 Å². The standard InChI is InChI=1S/C18H27N3/c1-5-14(3)13-21(6-2)18-17-10-8-7-9-16(17)15(11-19-4)12-20-18/h7-10,12,14,19H,5-6,11,13H2,1-4H3. The number of rotatable bonds is 7. The lowest BCUT2D eigenvalue weighted by molar-refractivity contribution is 0.546. The van der Waals surface area contributed by atoms with Crippen molar-refractivity contribution in [1.82, 2.24) is 10.3 Å². The van der Waals surface area contributed by atoms with Crippen LogP contribution in [0.5, 0.6) is 0 Å². The number of pyridine rings is 1. The molecule has 0 bridgehead atoms. The van der Waals surface area contributed by atoms with E-state index in [0.717, 1.165) is 25.5 Å². The molecule has 0 aliphatic rings. The third-order valence-electron chi connectivity index (χ3n) is 4.13. The van der Waals surface area contributed by atoms with Gasteiger partial charge in [0, 0.05) is 31.2 Å². The lowest BCUT2D eigenvalue weighted by atomic mass is 10.1. The highest BCUT2D eigenvalue weighted by Crippen LogP contribution is 2.27. The summed E-state index contributed by atoms with van der Waals surface area (Å²) >= 11 is 0. The van der Waals surface area contributed by atoms with E-state index in [1.807, 2.05) is 13.2 Å². The van der Waals surface area contributed by atoms with Gasteiger partial charge in [-0.3, -0.25) is 0 Å². The van der Waals surface area contributed by atoms with E-state index >= 15 is 0 Å². The van der Waals surface area contributed by atoms with Gasteiger partial charge in [-0.2, -0.15) is 0 Å². The number of aromatic nitrogens is 1. The Hall–Kier alpha value is -1.61. The SMILES string of the molecule is CCC(C)CN(CC)c1ncc(CNC)c2ccccc12. The van der Waals surface area contributed by atoms with E-state index < -0.39 is 0 Å². The number of nitrogens with zero attached hydrogens (tertiary/aromatic N) is 2. The molecule has 1 aromatic heterocycles. The number of nitrogens with one attached hydrogen (secondary N) is 1. The predicted octanol–water partition coefficient (Wildman–Crippen LogP) is 3.83. The van der Waals surface area contributed by atoms with Crippen LogP contribution in [0.15, 0.2) is 30.5 Å². The van der Waals surface area contributed by atoms with Crippen LogP contribution in [0.25, 0.3) is 10.8 Å². The first kappa shape index (κ1) is 15.8. The van der Waals surface area contributed by atoms with Crippen LogP contribution in [0.1, 0.15) is 32.8 Å². The highest BCUT2D eigenvalue weighted by molar-refractivity contribution is 5.94. The molecule has 0 aliphatic heterocycles. The molecular weight excluding hydrogens is 258 g/mol. The van der Waals surface area contributed by atoms with Gasteiger partial charge in [-0.15, -0.1) is 0 Å². The zero-order chi connectivity index (χ0) is 15.2. The fourth-order valence-electron chi connectivity index (χ4n) is 2.69. The van der Waals surface area contributed by atoms with Crippen molar-refractivity contribution in [1.29, 1.82) is 0 Å². The van der Waals surface area contributed by atoms with Crippen LogP contribution in [-0.4, -0.2) is 25.1 Å². The second-order valence-electron chi connectivity index (χ2n) is 5.74. The second kappa shape index (κ2) is 7.41. The highest BCUT2D eigenvalue weighted by atomic mass is 15.2. The molecule has 0 saturated carbocycles. The minimum absolute atomic E-state index is 0.683. The lowest BCUT2D eigenvalue weighted by Crippen LogP contribution is -2.29. The summed E-state index contributed by atoms with van der Waals surface area (Å²) in [5.41, 5.74) is 1.26. The van der Waals surface area contributed by atoms with Gasteiger partial charge < -0.3 is 10.2 Å². The van der Waals surface area contributed by atoms with Crippen LogP contribution in [-0.2, 0) is 6.54 Å². The van der Waals surface area contributed by atoms with Crippen molar-refractivity contribution in [2.24, 2.45) is 5.92 Å². The predicted molar refractivity (Wildman–Crippen MR) is 91.8 cm³/mol. The molecule has 0 aliphatic carbocycles. The van der Waals surface area contributed by atoms with Crippen molar-refractivity contribution in [3.63, 3.8) is 0 Å². The molecule has 3 nitrogen and oxygen atoms in total. The fourth-order valence-corrected chi connectivity index (χ4v) is 2.69. The first-order chi connectivity index (χ1) is 10.2. The smallest absolute Gasteiger partial charge is 0.136 e. The minimum atomic E-state index is 0.683. The lowest BCUT2D eigenvalue weighted by Gasteiger charge is -2.26. The minimum Gasteiger partial charge on any atom is -0.356 e. The maximum atomic E-state index is 4.77. The number of anilines is 1. The highest BCUT2D eigenvalue weighted by Gasteiger charge is 2.14. The van der Waals surface area contributed by atoms with E-state index in [2.05, 4.69) is 55.3 Å². The Bertz CT molecular complexity index is 580. The van der Waals surface area contributed by atoms with Crippen LogP contribution < -0.4 is 10.2 Å². The molecule has 3 heteroatoms. The molecule has 1 unspecified atom stereocenters. The fraction of sp³-hybridized carbons (Fsp3) is 0.500. The normalized spacial score (nSPS) is 12.6. The van der Waals surface area contributed by atoms with Crippen molar-refractivity contribution in [2.75, 3.05) is 25.0 Å². The van der Waals surface area contributed by atoms with Crippen molar-refractivity contribution < 1.29 is 0 Å². The van der Waals surface area contributed by atoms with Crippen molar-refractivity contribution in [2.45, 2.75) is 33.7 Å². The summed E-state index contributed by atoms with van der Waals surface area (Å²) < 4.78 is 0. The van der Waals surface area contributed by atoms with Gasteiger partial charge in [0.15, 0.2) is 0 Å². The molecule has 0 saturated heterocycles. The Kier molecular flexibility index (Phi) is 5.57. The topological polar surface area (TPSA) is 28.2 Å². The summed E-state index contributed by atoms with van der Waals surface area (Å²) in [7, 11) is 1.98. The molecule has 0 radical (unpaired) electrons. The van der Waals surface area contributed by atoms with Crippen LogP contribution in [0.4, 0.5) is 5.82 Å². The third-order valence-corrected chi connectivity index (χ3v) is 4.13. The Labute approximate surface area is 128 Å². The Morgan fingerprint density at radius 2 is 1.90 bits per heavy atom. The van der Waals surface area contributed by atoms with Crippen LogP contribution in [0, 0.1) is 5.92 Å². The molecule has 114 valence electrons. The number of benzene rings is 1. The molecule has 0 amide bonds. The van der Waals surface area contributed by atoms with Gasteiger partial charge in [0.25, 0.3) is 0 Å².